The number of hydrogen-bond donors (Lipinski definition) is 1. The molecule has 9 nitrogen and oxygen atoms in total. The number of amides is 1. The number of nitrogens with one attached hydrogen (secondary N) is 1. The van der Waals surface area contributed by atoms with Crippen molar-refractivity contribution in [1.82, 2.24) is 29.8 Å². The van der Waals surface area contributed by atoms with Gasteiger partial charge in [0, 0.05) is 23.2 Å². The highest BCUT2D eigenvalue weighted by atomic mass is 16.2. The third kappa shape index (κ3) is 5.80. The van der Waals surface area contributed by atoms with Crippen LogP contribution in [0.4, 0.5) is 5.95 Å². The summed E-state index contributed by atoms with van der Waals surface area (Å²) in [4.78, 5) is 30.3. The zero-order valence-electron chi connectivity index (χ0n) is 28.8. The van der Waals surface area contributed by atoms with Gasteiger partial charge in [0.1, 0.15) is 12.1 Å². The Bertz CT molecular complexity index is 2310. The maximum absolute atomic E-state index is 13.6. The first-order valence-corrected chi connectivity index (χ1v) is 17.6. The number of hydrogen-bond acceptors (Lipinski definition) is 6. The van der Waals surface area contributed by atoms with E-state index in [2.05, 4.69) is 89.2 Å². The average molecular weight is 684 g/mol. The van der Waals surface area contributed by atoms with E-state index >= 15 is 0 Å². The summed E-state index contributed by atoms with van der Waals surface area (Å²) in [5.41, 5.74) is 6.87. The van der Waals surface area contributed by atoms with Crippen molar-refractivity contribution in [2.24, 2.45) is 0 Å². The first-order valence-electron chi connectivity index (χ1n) is 17.6. The number of rotatable bonds is 11. The second kappa shape index (κ2) is 14.0. The van der Waals surface area contributed by atoms with Crippen LogP contribution in [0.5, 0.6) is 0 Å². The zero-order valence-corrected chi connectivity index (χ0v) is 28.8. The molecule has 3 heterocycles. The van der Waals surface area contributed by atoms with Crippen LogP contribution in [-0.2, 0) is 29.7 Å². The second-order valence-corrected chi connectivity index (χ2v) is 13.0. The first-order chi connectivity index (χ1) is 25.6. The van der Waals surface area contributed by atoms with Crippen molar-refractivity contribution in [3.8, 4) is 22.5 Å². The molecule has 9 heteroatoms. The van der Waals surface area contributed by atoms with Crippen LogP contribution in [0.1, 0.15) is 53.3 Å². The van der Waals surface area contributed by atoms with Gasteiger partial charge in [-0.2, -0.15) is 4.98 Å². The van der Waals surface area contributed by atoms with Crippen LogP contribution in [-0.4, -0.2) is 35.7 Å². The van der Waals surface area contributed by atoms with Gasteiger partial charge in [0.25, 0.3) is 5.56 Å². The molecule has 8 rings (SSSR count). The number of carbonyl (C=O) groups excluding carboxylic acids is 1. The number of nitrogens with zero attached hydrogens (tertiary/aromatic N) is 6. The third-order valence-corrected chi connectivity index (χ3v) is 9.87. The van der Waals surface area contributed by atoms with E-state index in [1.54, 1.807) is 0 Å². The van der Waals surface area contributed by atoms with Gasteiger partial charge in [0.2, 0.25) is 11.9 Å². The molecule has 5 aromatic carbocycles. The maximum Gasteiger partial charge on any atom is 0.278 e. The summed E-state index contributed by atoms with van der Waals surface area (Å²) in [5.74, 6) is 0.729. The van der Waals surface area contributed by atoms with Gasteiger partial charge in [-0.25, -0.2) is 4.68 Å². The molecule has 2 aromatic heterocycles. The highest BCUT2D eigenvalue weighted by Crippen LogP contribution is 2.43. The van der Waals surface area contributed by atoms with Crippen molar-refractivity contribution in [2.45, 2.75) is 44.7 Å². The van der Waals surface area contributed by atoms with Crippen molar-refractivity contribution >= 4 is 11.9 Å². The van der Waals surface area contributed by atoms with Gasteiger partial charge < -0.3 is 4.57 Å². The summed E-state index contributed by atoms with van der Waals surface area (Å²) in [6, 6.07) is 47.4. The monoisotopic (exact) mass is 683 g/mol. The predicted octanol–water partition coefficient (Wildman–Crippen LogP) is 7.29. The smallest absolute Gasteiger partial charge is 0.278 e. The summed E-state index contributed by atoms with van der Waals surface area (Å²) < 4.78 is 3.80. The quantitative estimate of drug-likeness (QED) is 0.144. The number of tetrazole rings is 1. The van der Waals surface area contributed by atoms with E-state index in [1.165, 1.54) is 0 Å². The molecule has 0 spiro atoms. The molecule has 1 N–H and O–H groups in total. The molecule has 0 unspecified atom stereocenters. The van der Waals surface area contributed by atoms with Crippen molar-refractivity contribution in [3.05, 3.63) is 183 Å². The number of unbranched alkanes of at least 4 members (excludes halogenated alkanes) is 1. The number of anilines is 1. The van der Waals surface area contributed by atoms with Crippen LogP contribution in [0, 0.1) is 0 Å². The molecule has 1 aliphatic heterocycles. The molecule has 0 radical (unpaired) electrons. The molecule has 256 valence electrons. The minimum absolute atomic E-state index is 0.155. The highest BCUT2D eigenvalue weighted by Gasteiger charge is 2.42. The molecular weight excluding hydrogens is 647 g/mol. The molecule has 52 heavy (non-hydrogen) atoms. The van der Waals surface area contributed by atoms with Crippen LogP contribution in [0.25, 0.3) is 22.5 Å². The van der Waals surface area contributed by atoms with Crippen molar-refractivity contribution < 1.29 is 4.79 Å². The van der Waals surface area contributed by atoms with Gasteiger partial charge >= 0.3 is 0 Å². The Morgan fingerprint density at radius 2 is 1.33 bits per heavy atom. The van der Waals surface area contributed by atoms with Gasteiger partial charge in [-0.1, -0.05) is 147 Å². The summed E-state index contributed by atoms with van der Waals surface area (Å²) in [6.45, 7) is 2.27. The lowest BCUT2D eigenvalue weighted by Crippen LogP contribution is -2.39. The molecule has 7 aromatic rings. The summed E-state index contributed by atoms with van der Waals surface area (Å²) in [7, 11) is 0. The second-order valence-electron chi connectivity index (χ2n) is 13.0. The topological polar surface area (TPSA) is 108 Å². The highest BCUT2D eigenvalue weighted by molar-refractivity contribution is 5.92. The van der Waals surface area contributed by atoms with Crippen LogP contribution in [0.2, 0.25) is 0 Å². The Morgan fingerprint density at radius 3 is 1.92 bits per heavy atom. The fourth-order valence-electron chi connectivity index (χ4n) is 7.47. The summed E-state index contributed by atoms with van der Waals surface area (Å²) >= 11 is 0. The Morgan fingerprint density at radius 1 is 0.731 bits per heavy atom. The van der Waals surface area contributed by atoms with E-state index in [0.29, 0.717) is 30.2 Å². The Hall–Kier alpha value is -6.48. The molecular formula is C43H37N7O2. The van der Waals surface area contributed by atoms with Crippen molar-refractivity contribution in [1.29, 1.82) is 0 Å². The van der Waals surface area contributed by atoms with Gasteiger partial charge in [-0.3, -0.25) is 14.9 Å². The largest absolute Gasteiger partial charge is 0.306 e. The fourth-order valence-corrected chi connectivity index (χ4v) is 7.47. The molecule has 0 saturated carbocycles. The minimum Gasteiger partial charge on any atom is -0.306 e. The SMILES string of the molecule is CCCCc1c(Cc2ccc(-c3ccccc3)c(-c3nnnn3C(c3ccccc3)(c3ccccc3)c3ccccc3)c2)c(=O)nc2n1CC(=O)N2. The standard InChI is InChI=1S/C43H37N7O2/c1-2-3-24-38-37(41(52)45-42-44-39(51)29-49(38)42)28-30-25-26-35(31-16-8-4-9-17-31)36(27-30)40-46-47-48-50(40)43(32-18-10-5-11-19-32,33-20-12-6-13-21-33)34-22-14-7-15-23-34/h4-23,25-27H,2-3,24,28-29H2,1H3,(H,44,45,51,52). The van der Waals surface area contributed by atoms with Gasteiger partial charge in [0.05, 0.1) is 0 Å². The lowest BCUT2D eigenvalue weighted by atomic mass is 9.76. The van der Waals surface area contributed by atoms with E-state index < -0.39 is 5.54 Å². The predicted molar refractivity (Wildman–Crippen MR) is 202 cm³/mol. The van der Waals surface area contributed by atoms with E-state index in [-0.39, 0.29) is 18.0 Å². The molecule has 1 aliphatic rings. The van der Waals surface area contributed by atoms with Gasteiger partial charge in [-0.15, -0.1) is 5.10 Å². The molecule has 0 aliphatic carbocycles. The van der Waals surface area contributed by atoms with E-state index in [4.69, 9.17) is 10.3 Å². The lowest BCUT2D eigenvalue weighted by molar-refractivity contribution is -0.115. The lowest BCUT2D eigenvalue weighted by Gasteiger charge is -2.36. The first kappa shape index (κ1) is 32.7. The van der Waals surface area contributed by atoms with E-state index in [0.717, 1.165) is 57.5 Å². The zero-order chi connectivity index (χ0) is 35.5. The molecule has 0 saturated heterocycles. The number of aromatic nitrogens is 6. The van der Waals surface area contributed by atoms with E-state index in [9.17, 15) is 9.59 Å². The minimum atomic E-state index is -0.942. The molecule has 0 bridgehead atoms. The van der Waals surface area contributed by atoms with Crippen molar-refractivity contribution in [2.75, 3.05) is 5.32 Å². The molecule has 0 atom stereocenters. The van der Waals surface area contributed by atoms with Crippen LogP contribution >= 0.6 is 0 Å². The molecule has 0 fully saturated rings. The normalized spacial score (nSPS) is 12.4. The van der Waals surface area contributed by atoms with Crippen molar-refractivity contribution in [3.63, 3.8) is 0 Å². The number of carbonyl (C=O) groups is 1. The van der Waals surface area contributed by atoms with Gasteiger partial charge in [0.15, 0.2) is 5.82 Å². The Kier molecular flexibility index (Phi) is 8.83. The van der Waals surface area contributed by atoms with Gasteiger partial charge in [-0.05, 0) is 62.7 Å². The fraction of sp³-hybridized carbons (Fsp3) is 0.163. The van der Waals surface area contributed by atoms with E-state index in [1.807, 2.05) is 82.0 Å². The summed E-state index contributed by atoms with van der Waals surface area (Å²) in [5, 5.41) is 16.7. The Balaban J connectivity index is 1.37. The average Bonchev–Trinajstić information content (AvgIpc) is 3.83. The number of fused-ring (bicyclic) bond motifs is 1. The summed E-state index contributed by atoms with van der Waals surface area (Å²) in [6.07, 6.45) is 2.85. The van der Waals surface area contributed by atoms with Crippen LogP contribution < -0.4 is 10.9 Å². The number of benzene rings is 5. The maximum atomic E-state index is 13.6. The van der Waals surface area contributed by atoms with Crippen LogP contribution in [0.15, 0.2) is 144 Å². The Labute approximate surface area is 301 Å². The van der Waals surface area contributed by atoms with Crippen LogP contribution in [0.3, 0.4) is 0 Å². The third-order valence-electron chi connectivity index (χ3n) is 9.87. The molecule has 1 amide bonds.